The number of aliphatic imine (C=N–C) groups is 1. The van der Waals surface area contributed by atoms with E-state index in [0.29, 0.717) is 11.3 Å². The molecule has 0 aromatic heterocycles. The molecule has 0 amide bonds. The van der Waals surface area contributed by atoms with Gasteiger partial charge in [0.15, 0.2) is 0 Å². The van der Waals surface area contributed by atoms with E-state index >= 15 is 0 Å². The minimum Gasteiger partial charge on any atom is -0.507 e. The highest BCUT2D eigenvalue weighted by molar-refractivity contribution is 6.03. The molecule has 0 saturated carbocycles. The van der Waals surface area contributed by atoms with E-state index in [-0.39, 0.29) is 11.2 Å². The Morgan fingerprint density at radius 2 is 1.88 bits per heavy atom. The second-order valence-electron chi connectivity index (χ2n) is 7.00. The van der Waals surface area contributed by atoms with Crippen LogP contribution in [0.25, 0.3) is 5.70 Å². The van der Waals surface area contributed by atoms with E-state index < -0.39 is 0 Å². The first-order valence-corrected chi connectivity index (χ1v) is 8.65. The summed E-state index contributed by atoms with van der Waals surface area (Å²) in [5.74, 6) is 0.231. The van der Waals surface area contributed by atoms with Crippen LogP contribution in [0.5, 0.6) is 5.75 Å². The predicted molar refractivity (Wildman–Crippen MR) is 107 cm³/mol. The topological polar surface area (TPSA) is 32.6 Å². The number of allylic oxidation sites excluding steroid dienone is 4. The van der Waals surface area contributed by atoms with Crippen molar-refractivity contribution in [2.45, 2.75) is 59.8 Å². The lowest BCUT2D eigenvalue weighted by Crippen LogP contribution is -2.10. The van der Waals surface area contributed by atoms with Crippen LogP contribution in [0.2, 0.25) is 0 Å². The van der Waals surface area contributed by atoms with Gasteiger partial charge in [-0.3, -0.25) is 4.99 Å². The van der Waals surface area contributed by atoms with Gasteiger partial charge in [-0.25, -0.2) is 0 Å². The quantitative estimate of drug-likeness (QED) is 0.475. The van der Waals surface area contributed by atoms with Gasteiger partial charge in [0.25, 0.3) is 0 Å². The highest BCUT2D eigenvalue weighted by atomic mass is 16.3. The molecule has 0 bridgehead atoms. The summed E-state index contributed by atoms with van der Waals surface area (Å²) < 4.78 is 0. The molecule has 130 valence electrons. The smallest absolute Gasteiger partial charge is 0.125 e. The molecule has 0 aliphatic heterocycles. The number of hydrogen-bond donors (Lipinski definition) is 1. The normalized spacial score (nSPS) is 13.6. The molecule has 0 aliphatic carbocycles. The Balaban J connectivity index is 3.13. The first-order valence-electron chi connectivity index (χ1n) is 8.65. The molecule has 1 aromatic rings. The molecule has 2 nitrogen and oxygen atoms in total. The van der Waals surface area contributed by atoms with Gasteiger partial charge in [0, 0.05) is 11.3 Å². The fraction of sp³-hybridized carbons (Fsp3) is 0.409. The fourth-order valence-electron chi connectivity index (χ4n) is 2.37. The highest BCUT2D eigenvalue weighted by Crippen LogP contribution is 2.31. The summed E-state index contributed by atoms with van der Waals surface area (Å²) in [6, 6.07) is 5.75. The standard InChI is InChI=1S/C22H31NO/c1-8-10-12-18(11-9-2)16(3)23-17(4)20-14-13-19(15-21(20)24)22(5,6)7/h10-15,24H,4,8-9H2,1-3,5-7H3/b12-10-,18-11+,23-16?. The summed E-state index contributed by atoms with van der Waals surface area (Å²) in [4.78, 5) is 4.61. The van der Waals surface area contributed by atoms with Crippen molar-refractivity contribution >= 4 is 11.4 Å². The van der Waals surface area contributed by atoms with Crippen molar-refractivity contribution in [3.8, 4) is 5.75 Å². The maximum Gasteiger partial charge on any atom is 0.125 e. The predicted octanol–water partition coefficient (Wildman–Crippen LogP) is 6.42. The molecule has 2 heteroatoms. The largest absolute Gasteiger partial charge is 0.507 e. The zero-order valence-electron chi connectivity index (χ0n) is 16.0. The summed E-state index contributed by atoms with van der Waals surface area (Å²) >= 11 is 0. The maximum atomic E-state index is 10.4. The van der Waals surface area contributed by atoms with Gasteiger partial charge in [-0.1, -0.05) is 65.5 Å². The zero-order chi connectivity index (χ0) is 18.3. The molecule has 0 unspecified atom stereocenters. The van der Waals surface area contributed by atoms with Gasteiger partial charge in [-0.15, -0.1) is 0 Å². The van der Waals surface area contributed by atoms with Crippen molar-refractivity contribution < 1.29 is 5.11 Å². The number of rotatable bonds is 6. The highest BCUT2D eigenvalue weighted by Gasteiger charge is 2.16. The van der Waals surface area contributed by atoms with Crippen LogP contribution in [-0.4, -0.2) is 10.8 Å². The zero-order valence-corrected chi connectivity index (χ0v) is 16.0. The van der Waals surface area contributed by atoms with Crippen LogP contribution in [0.3, 0.4) is 0 Å². The average molecular weight is 325 g/mol. The lowest BCUT2D eigenvalue weighted by atomic mass is 9.86. The minimum absolute atomic E-state index is 0.00148. The number of phenolic OH excluding ortho intramolecular Hbond substituents is 1. The van der Waals surface area contributed by atoms with E-state index in [0.717, 1.165) is 29.7 Å². The molecule has 0 heterocycles. The third kappa shape index (κ3) is 5.52. The second kappa shape index (κ2) is 8.68. The summed E-state index contributed by atoms with van der Waals surface area (Å²) in [6.45, 7) is 16.6. The van der Waals surface area contributed by atoms with Crippen molar-refractivity contribution in [1.29, 1.82) is 0 Å². The summed E-state index contributed by atoms with van der Waals surface area (Å²) in [7, 11) is 0. The van der Waals surface area contributed by atoms with E-state index in [1.54, 1.807) is 0 Å². The third-order valence-electron chi connectivity index (χ3n) is 3.85. The number of nitrogens with zero attached hydrogens (tertiary/aromatic N) is 1. The summed E-state index contributed by atoms with van der Waals surface area (Å²) in [6.07, 6.45) is 8.32. The summed E-state index contributed by atoms with van der Waals surface area (Å²) in [5, 5.41) is 10.4. The number of phenols is 1. The molecule has 0 saturated heterocycles. The Morgan fingerprint density at radius 1 is 1.21 bits per heavy atom. The molecule has 0 spiro atoms. The Labute approximate surface area is 147 Å². The number of aromatic hydroxyl groups is 1. The van der Waals surface area contributed by atoms with Gasteiger partial charge in [-0.2, -0.15) is 0 Å². The van der Waals surface area contributed by atoms with Gasteiger partial charge in [-0.05, 0) is 48.4 Å². The van der Waals surface area contributed by atoms with Gasteiger partial charge in [0.2, 0.25) is 0 Å². The van der Waals surface area contributed by atoms with E-state index in [1.165, 1.54) is 0 Å². The first kappa shape index (κ1) is 20.0. The monoisotopic (exact) mass is 325 g/mol. The maximum absolute atomic E-state index is 10.4. The fourth-order valence-corrected chi connectivity index (χ4v) is 2.37. The average Bonchev–Trinajstić information content (AvgIpc) is 2.50. The Morgan fingerprint density at radius 3 is 2.38 bits per heavy atom. The van der Waals surface area contributed by atoms with Crippen molar-refractivity contribution in [2.75, 3.05) is 0 Å². The van der Waals surface area contributed by atoms with E-state index in [4.69, 9.17) is 0 Å². The molecule has 24 heavy (non-hydrogen) atoms. The van der Waals surface area contributed by atoms with Crippen LogP contribution >= 0.6 is 0 Å². The molecule has 1 rings (SSSR count). The second-order valence-corrected chi connectivity index (χ2v) is 7.00. The minimum atomic E-state index is -0.00148. The van der Waals surface area contributed by atoms with Crippen LogP contribution in [0.4, 0.5) is 0 Å². The molecular weight excluding hydrogens is 294 g/mol. The lowest BCUT2D eigenvalue weighted by molar-refractivity contribution is 0.469. The van der Waals surface area contributed by atoms with Crippen molar-refractivity contribution in [3.05, 3.63) is 59.7 Å². The lowest BCUT2D eigenvalue weighted by Gasteiger charge is -2.20. The SMILES string of the molecule is C=C(N=C(C)C(/C=C\CC)=C/CC)c1ccc(C(C)(C)C)cc1O. The Hall–Kier alpha value is -2.09. The van der Waals surface area contributed by atoms with Crippen LogP contribution < -0.4 is 0 Å². The molecule has 0 atom stereocenters. The number of benzene rings is 1. The molecule has 0 fully saturated rings. The van der Waals surface area contributed by atoms with Gasteiger partial charge < -0.3 is 5.11 Å². The van der Waals surface area contributed by atoms with Crippen molar-refractivity contribution in [1.82, 2.24) is 0 Å². The molecule has 1 aromatic carbocycles. The van der Waals surface area contributed by atoms with Crippen LogP contribution in [0.1, 0.15) is 65.5 Å². The van der Waals surface area contributed by atoms with Crippen LogP contribution in [0.15, 0.2) is 53.6 Å². The Kier molecular flexibility index (Phi) is 7.21. The van der Waals surface area contributed by atoms with Crippen molar-refractivity contribution in [3.63, 3.8) is 0 Å². The van der Waals surface area contributed by atoms with E-state index in [1.807, 2.05) is 25.1 Å². The van der Waals surface area contributed by atoms with Crippen molar-refractivity contribution in [2.24, 2.45) is 4.99 Å². The van der Waals surface area contributed by atoms with Gasteiger partial charge in [0.05, 0.1) is 5.70 Å². The molecular formula is C22H31NO. The molecule has 1 N–H and O–H groups in total. The third-order valence-corrected chi connectivity index (χ3v) is 3.85. The van der Waals surface area contributed by atoms with Gasteiger partial charge in [0.1, 0.15) is 5.75 Å². The van der Waals surface area contributed by atoms with Crippen LogP contribution in [-0.2, 0) is 5.41 Å². The summed E-state index contributed by atoms with van der Waals surface area (Å²) in [5.41, 5.74) is 4.36. The first-order chi connectivity index (χ1) is 11.2. The molecule has 0 aliphatic rings. The molecule has 0 radical (unpaired) electrons. The number of hydrogen-bond acceptors (Lipinski definition) is 2. The van der Waals surface area contributed by atoms with E-state index in [9.17, 15) is 5.11 Å². The van der Waals surface area contributed by atoms with E-state index in [2.05, 4.69) is 64.4 Å². The Bertz CT molecular complexity index is 670. The van der Waals surface area contributed by atoms with Gasteiger partial charge >= 0.3 is 0 Å². The van der Waals surface area contributed by atoms with Crippen LogP contribution in [0, 0.1) is 0 Å².